The third kappa shape index (κ3) is 2.06. The van der Waals surface area contributed by atoms with Crippen molar-refractivity contribution in [1.29, 1.82) is 0 Å². The van der Waals surface area contributed by atoms with Crippen LogP contribution in [0.5, 0.6) is 0 Å². The summed E-state index contributed by atoms with van der Waals surface area (Å²) in [7, 11) is 0. The fraction of sp³-hybridized carbons (Fsp3) is 0.100. The van der Waals surface area contributed by atoms with E-state index in [9.17, 15) is 4.79 Å². The number of carbonyl (C=O) groups is 1. The summed E-state index contributed by atoms with van der Waals surface area (Å²) in [6, 6.07) is 10.00. The molecule has 13 heavy (non-hydrogen) atoms. The van der Waals surface area contributed by atoms with Gasteiger partial charge in [0.05, 0.1) is 0 Å². The van der Waals surface area contributed by atoms with Crippen molar-refractivity contribution in [2.24, 2.45) is 0 Å². The molecule has 3 heteroatoms. The molecule has 0 aliphatic rings. The largest absolute Gasteiger partial charge is 0.480 e. The normalized spacial score (nSPS) is 9.62. The minimum atomic E-state index is -0.0498. The van der Waals surface area contributed by atoms with Gasteiger partial charge in [-0.3, -0.25) is 4.79 Å². The van der Waals surface area contributed by atoms with Gasteiger partial charge < -0.3 is 4.42 Å². The van der Waals surface area contributed by atoms with Crippen molar-refractivity contribution in [3.8, 4) is 0 Å². The molecule has 2 rings (SSSR count). The number of ketones is 1. The third-order valence-corrected chi connectivity index (χ3v) is 1.71. The Morgan fingerprint density at radius 3 is 2.92 bits per heavy atom. The third-order valence-electron chi connectivity index (χ3n) is 1.71. The average Bonchev–Trinajstić information content (AvgIpc) is 2.46. The fourth-order valence-corrected chi connectivity index (χ4v) is 1.10. The molecule has 2 nitrogen and oxygen atoms in total. The molecule has 0 saturated heterocycles. The van der Waals surface area contributed by atoms with Gasteiger partial charge in [-0.15, -0.1) is 6.07 Å². The van der Waals surface area contributed by atoms with Gasteiger partial charge in [0, 0.05) is 45.2 Å². The second kappa shape index (κ2) is 4.16. The van der Waals surface area contributed by atoms with Crippen molar-refractivity contribution in [3.05, 3.63) is 36.1 Å². The van der Waals surface area contributed by atoms with Crippen LogP contribution in [0.15, 0.2) is 28.7 Å². The fourth-order valence-electron chi connectivity index (χ4n) is 1.10. The predicted molar refractivity (Wildman–Crippen MR) is 45.1 cm³/mol. The summed E-state index contributed by atoms with van der Waals surface area (Å²) in [5.41, 5.74) is 0.735. The molecule has 0 spiro atoms. The number of fused-ring (bicyclic) bond motifs is 1. The standard InChI is InChI=1S/C10H7O2.Y/c1-7(11)10-6-8-4-2-3-5-9(8)12-10;/h3-6H,1H3;/q-1;. The van der Waals surface area contributed by atoms with Gasteiger partial charge in [0.25, 0.3) is 0 Å². The minimum Gasteiger partial charge on any atom is -0.480 e. The van der Waals surface area contributed by atoms with Crippen LogP contribution in [0.25, 0.3) is 11.0 Å². The minimum absolute atomic E-state index is 0. The summed E-state index contributed by atoms with van der Waals surface area (Å²) >= 11 is 0. The molecule has 1 aromatic heterocycles. The summed E-state index contributed by atoms with van der Waals surface area (Å²) in [6.07, 6.45) is 0. The van der Waals surface area contributed by atoms with Gasteiger partial charge in [-0.05, 0) is 0 Å². The van der Waals surface area contributed by atoms with Gasteiger partial charge >= 0.3 is 0 Å². The molecule has 0 saturated carbocycles. The molecule has 1 aromatic carbocycles. The first-order valence-electron chi connectivity index (χ1n) is 3.68. The van der Waals surface area contributed by atoms with Gasteiger partial charge in [0.1, 0.15) is 0 Å². The summed E-state index contributed by atoms with van der Waals surface area (Å²) in [6.45, 7) is 1.49. The van der Waals surface area contributed by atoms with E-state index in [-0.39, 0.29) is 38.5 Å². The summed E-state index contributed by atoms with van der Waals surface area (Å²) in [4.78, 5) is 10.9. The first-order valence-corrected chi connectivity index (χ1v) is 3.68. The Kier molecular flexibility index (Phi) is 3.40. The SMILES string of the molecule is CC(=O)c1cc2c[c-]ccc2o1.[Y]. The first-order chi connectivity index (χ1) is 5.77. The van der Waals surface area contributed by atoms with Gasteiger partial charge in [0.15, 0.2) is 11.5 Å². The van der Waals surface area contributed by atoms with E-state index >= 15 is 0 Å². The maximum atomic E-state index is 10.9. The van der Waals surface area contributed by atoms with E-state index in [4.69, 9.17) is 4.42 Å². The maximum absolute atomic E-state index is 10.9. The zero-order chi connectivity index (χ0) is 8.55. The molecule has 1 radical (unpaired) electrons. The van der Waals surface area contributed by atoms with Crippen molar-refractivity contribution in [3.63, 3.8) is 0 Å². The molecule has 0 aliphatic carbocycles. The number of benzene rings is 1. The molecular weight excluding hydrogens is 241 g/mol. The van der Waals surface area contributed by atoms with Gasteiger partial charge in [0.2, 0.25) is 0 Å². The molecule has 0 unspecified atom stereocenters. The van der Waals surface area contributed by atoms with Crippen LogP contribution in [0, 0.1) is 6.07 Å². The second-order valence-electron chi connectivity index (χ2n) is 2.63. The van der Waals surface area contributed by atoms with Crippen molar-refractivity contribution in [1.82, 2.24) is 0 Å². The molecule has 0 atom stereocenters. The van der Waals surface area contributed by atoms with Crippen molar-refractivity contribution < 1.29 is 41.9 Å². The number of Topliss-reactive ketones (excluding diaryl/α,β-unsaturated/α-hetero) is 1. The zero-order valence-electron chi connectivity index (χ0n) is 7.20. The smallest absolute Gasteiger partial charge is 0.193 e. The second-order valence-corrected chi connectivity index (χ2v) is 2.63. The van der Waals surface area contributed by atoms with Crippen molar-refractivity contribution in [2.75, 3.05) is 0 Å². The van der Waals surface area contributed by atoms with Crippen LogP contribution in [-0.4, -0.2) is 5.78 Å². The Morgan fingerprint density at radius 1 is 1.54 bits per heavy atom. The van der Waals surface area contributed by atoms with E-state index < -0.39 is 0 Å². The molecule has 0 aliphatic heterocycles. The molecule has 0 bridgehead atoms. The molecular formula is C10H7O2Y-. The topological polar surface area (TPSA) is 30.2 Å². The van der Waals surface area contributed by atoms with Crippen LogP contribution in [-0.2, 0) is 32.7 Å². The number of carbonyl (C=O) groups excluding carboxylic acids is 1. The molecule has 0 fully saturated rings. The molecule has 63 valence electrons. The molecule has 0 amide bonds. The van der Waals surface area contributed by atoms with E-state index in [0.29, 0.717) is 5.76 Å². The number of furan rings is 1. The van der Waals surface area contributed by atoms with Crippen LogP contribution < -0.4 is 0 Å². The summed E-state index contributed by atoms with van der Waals surface area (Å²) < 4.78 is 5.26. The maximum Gasteiger partial charge on any atom is 0.193 e. The molecule has 0 N–H and O–H groups in total. The van der Waals surface area contributed by atoms with Crippen LogP contribution in [0.3, 0.4) is 0 Å². The Balaban J connectivity index is 0.000000845. The summed E-state index contributed by atoms with van der Waals surface area (Å²) in [5, 5.41) is 0.919. The van der Waals surface area contributed by atoms with Crippen molar-refractivity contribution in [2.45, 2.75) is 6.92 Å². The van der Waals surface area contributed by atoms with Gasteiger partial charge in [-0.1, -0.05) is 11.5 Å². The quantitative estimate of drug-likeness (QED) is 0.573. The van der Waals surface area contributed by atoms with Crippen LogP contribution in [0.1, 0.15) is 17.5 Å². The number of hydrogen-bond acceptors (Lipinski definition) is 2. The Hall–Kier alpha value is -0.466. The first kappa shape index (κ1) is 10.6. The average molecular weight is 248 g/mol. The van der Waals surface area contributed by atoms with Crippen LogP contribution in [0.4, 0.5) is 0 Å². The van der Waals surface area contributed by atoms with E-state index in [1.54, 1.807) is 24.3 Å². The van der Waals surface area contributed by atoms with Crippen LogP contribution >= 0.6 is 0 Å². The number of rotatable bonds is 1. The predicted octanol–water partition coefficient (Wildman–Crippen LogP) is 2.43. The van der Waals surface area contributed by atoms with E-state index in [1.165, 1.54) is 6.92 Å². The van der Waals surface area contributed by atoms with E-state index in [2.05, 4.69) is 6.07 Å². The van der Waals surface area contributed by atoms with Crippen LogP contribution in [0.2, 0.25) is 0 Å². The number of hydrogen-bond donors (Lipinski definition) is 0. The van der Waals surface area contributed by atoms with E-state index in [1.807, 2.05) is 0 Å². The zero-order valence-corrected chi connectivity index (χ0v) is 10.0. The monoisotopic (exact) mass is 248 g/mol. The van der Waals surface area contributed by atoms with Gasteiger partial charge in [-0.2, -0.15) is 18.2 Å². The van der Waals surface area contributed by atoms with E-state index in [0.717, 1.165) is 11.0 Å². The summed E-state index contributed by atoms with van der Waals surface area (Å²) in [5.74, 6) is 0.357. The Bertz CT molecular complexity index is 398. The van der Waals surface area contributed by atoms with Gasteiger partial charge in [-0.25, -0.2) is 0 Å². The Labute approximate surface area is 101 Å². The molecule has 2 aromatic rings. The van der Waals surface area contributed by atoms with Crippen molar-refractivity contribution >= 4 is 16.8 Å². The molecule has 1 heterocycles. The Morgan fingerprint density at radius 2 is 2.31 bits per heavy atom.